The first-order valence-corrected chi connectivity index (χ1v) is 6.67. The largest absolute Gasteiger partial charge is 0.370 e. The highest BCUT2D eigenvalue weighted by atomic mass is 16.5. The number of nitriles is 1. The van der Waals surface area contributed by atoms with Crippen molar-refractivity contribution in [3.8, 4) is 6.07 Å². The number of rotatable bonds is 3. The predicted octanol–water partition coefficient (Wildman–Crippen LogP) is 1.19. The van der Waals surface area contributed by atoms with Crippen LogP contribution < -0.4 is 5.32 Å². The van der Waals surface area contributed by atoms with Gasteiger partial charge < -0.3 is 15.0 Å². The Balaban J connectivity index is 2.18. The quantitative estimate of drug-likeness (QED) is 0.895. The van der Waals surface area contributed by atoms with Crippen molar-refractivity contribution in [3.63, 3.8) is 0 Å². The van der Waals surface area contributed by atoms with E-state index in [2.05, 4.69) is 10.3 Å². The number of hydrogen-bond donors (Lipinski definition) is 1. The van der Waals surface area contributed by atoms with Crippen LogP contribution in [0.2, 0.25) is 0 Å². The molecule has 1 aromatic heterocycles. The monoisotopic (exact) mass is 274 g/mol. The lowest BCUT2D eigenvalue weighted by Gasteiger charge is -2.29. The molecular formula is C14H18N4O2. The second-order valence-electron chi connectivity index (χ2n) is 4.65. The number of pyridine rings is 1. The first kappa shape index (κ1) is 14.3. The lowest BCUT2D eigenvalue weighted by molar-refractivity contribution is 0.00346. The van der Waals surface area contributed by atoms with Crippen LogP contribution in [0.15, 0.2) is 12.1 Å². The number of nitrogens with one attached hydrogen (secondary N) is 1. The van der Waals surface area contributed by atoms with Crippen LogP contribution in [0.25, 0.3) is 0 Å². The van der Waals surface area contributed by atoms with Crippen LogP contribution in [-0.2, 0) is 4.74 Å². The third kappa shape index (κ3) is 3.25. The molecule has 1 N–H and O–H groups in total. The van der Waals surface area contributed by atoms with Crippen molar-refractivity contribution in [1.29, 1.82) is 5.26 Å². The van der Waals surface area contributed by atoms with E-state index in [-0.39, 0.29) is 5.91 Å². The van der Waals surface area contributed by atoms with Crippen molar-refractivity contribution in [2.24, 2.45) is 0 Å². The Labute approximate surface area is 118 Å². The van der Waals surface area contributed by atoms with Gasteiger partial charge in [-0.25, -0.2) is 4.98 Å². The number of anilines is 1. The Hall–Kier alpha value is -2.13. The molecule has 1 aromatic rings. The van der Waals surface area contributed by atoms with E-state index in [9.17, 15) is 4.79 Å². The molecule has 6 heteroatoms. The van der Waals surface area contributed by atoms with Gasteiger partial charge in [0.05, 0.1) is 19.2 Å². The van der Waals surface area contributed by atoms with E-state index >= 15 is 0 Å². The van der Waals surface area contributed by atoms with Gasteiger partial charge in [0.25, 0.3) is 5.91 Å². The van der Waals surface area contributed by atoms with Crippen LogP contribution >= 0.6 is 0 Å². The Kier molecular flexibility index (Phi) is 4.53. The minimum absolute atomic E-state index is 0.0850. The summed E-state index contributed by atoms with van der Waals surface area (Å²) in [6.45, 7) is 5.80. The van der Waals surface area contributed by atoms with Crippen LogP contribution in [0.1, 0.15) is 23.0 Å². The number of morpholine rings is 1. The molecule has 20 heavy (non-hydrogen) atoms. The molecule has 0 bridgehead atoms. The van der Waals surface area contributed by atoms with Crippen molar-refractivity contribution in [2.75, 3.05) is 31.6 Å². The summed E-state index contributed by atoms with van der Waals surface area (Å²) in [5.74, 6) is 0.610. The number of nitrogens with zero attached hydrogens (tertiary/aromatic N) is 3. The first-order chi connectivity index (χ1) is 9.63. The summed E-state index contributed by atoms with van der Waals surface area (Å²) in [5.41, 5.74) is 1.38. The van der Waals surface area contributed by atoms with E-state index in [1.165, 1.54) is 0 Å². The maximum absolute atomic E-state index is 12.5. The van der Waals surface area contributed by atoms with Gasteiger partial charge in [0.1, 0.15) is 5.82 Å². The molecule has 1 aliphatic heterocycles. The fourth-order valence-electron chi connectivity index (χ4n) is 2.16. The predicted molar refractivity (Wildman–Crippen MR) is 74.4 cm³/mol. The molecule has 106 valence electrons. The number of hydrogen-bond acceptors (Lipinski definition) is 5. The number of ether oxygens (including phenoxy) is 1. The zero-order valence-corrected chi connectivity index (χ0v) is 11.7. The Bertz CT molecular complexity index is 538. The van der Waals surface area contributed by atoms with Crippen LogP contribution in [0.3, 0.4) is 0 Å². The summed E-state index contributed by atoms with van der Waals surface area (Å²) in [5, 5.41) is 12.0. The molecule has 2 heterocycles. The molecule has 0 aromatic carbocycles. The number of amides is 1. The minimum Gasteiger partial charge on any atom is -0.370 e. The molecule has 0 saturated carbocycles. The number of aromatic nitrogens is 1. The highest BCUT2D eigenvalue weighted by molar-refractivity contribution is 5.95. The van der Waals surface area contributed by atoms with Crippen molar-refractivity contribution >= 4 is 11.7 Å². The Morgan fingerprint density at radius 3 is 3.15 bits per heavy atom. The highest BCUT2D eigenvalue weighted by Gasteiger charge is 2.25. The van der Waals surface area contributed by atoms with Gasteiger partial charge in [0, 0.05) is 24.3 Å². The normalized spacial score (nSPS) is 18.4. The molecule has 1 fully saturated rings. The van der Waals surface area contributed by atoms with E-state index in [1.807, 2.05) is 19.9 Å². The summed E-state index contributed by atoms with van der Waals surface area (Å²) in [6.07, 6.45) is -0.538. The van der Waals surface area contributed by atoms with E-state index in [4.69, 9.17) is 10.00 Å². The highest BCUT2D eigenvalue weighted by Crippen LogP contribution is 2.14. The van der Waals surface area contributed by atoms with E-state index in [0.29, 0.717) is 31.1 Å². The van der Waals surface area contributed by atoms with Crippen molar-refractivity contribution < 1.29 is 9.53 Å². The van der Waals surface area contributed by atoms with E-state index < -0.39 is 6.10 Å². The minimum atomic E-state index is -0.538. The fourth-order valence-corrected chi connectivity index (χ4v) is 2.16. The lowest BCUT2D eigenvalue weighted by Crippen LogP contribution is -2.45. The summed E-state index contributed by atoms with van der Waals surface area (Å²) < 4.78 is 5.25. The zero-order valence-electron chi connectivity index (χ0n) is 11.7. The average molecular weight is 274 g/mol. The third-order valence-electron chi connectivity index (χ3n) is 3.06. The summed E-state index contributed by atoms with van der Waals surface area (Å²) in [6, 6.07) is 5.55. The molecule has 1 atom stereocenters. The van der Waals surface area contributed by atoms with Gasteiger partial charge in [-0.05, 0) is 26.0 Å². The molecule has 0 radical (unpaired) electrons. The average Bonchev–Trinajstić information content (AvgIpc) is 2.46. The first-order valence-electron chi connectivity index (χ1n) is 6.67. The molecule has 1 aliphatic rings. The van der Waals surface area contributed by atoms with Gasteiger partial charge in [-0.1, -0.05) is 0 Å². The number of aryl methyl sites for hydroxylation is 1. The molecule has 0 aliphatic carbocycles. The smallest absolute Gasteiger partial charge is 0.254 e. The number of carbonyl (C=O) groups excluding carboxylic acids is 1. The van der Waals surface area contributed by atoms with Gasteiger partial charge in [0.15, 0.2) is 6.10 Å². The fraction of sp³-hybridized carbons (Fsp3) is 0.500. The topological polar surface area (TPSA) is 78.3 Å². The molecule has 0 spiro atoms. The molecule has 1 amide bonds. The van der Waals surface area contributed by atoms with Gasteiger partial charge in [-0.2, -0.15) is 5.26 Å². The van der Waals surface area contributed by atoms with Crippen molar-refractivity contribution in [2.45, 2.75) is 20.0 Å². The van der Waals surface area contributed by atoms with Gasteiger partial charge in [-0.15, -0.1) is 0 Å². The van der Waals surface area contributed by atoms with Crippen molar-refractivity contribution in [3.05, 3.63) is 23.4 Å². The summed E-state index contributed by atoms with van der Waals surface area (Å²) >= 11 is 0. The van der Waals surface area contributed by atoms with Gasteiger partial charge in [-0.3, -0.25) is 4.79 Å². The standard InChI is InChI=1S/C14H18N4O2/c1-3-16-13-7-11(6-10(2)17-13)14(19)18-4-5-20-12(8-15)9-18/h6-7,12H,3-5,9H2,1-2H3,(H,16,17). The molecular weight excluding hydrogens is 256 g/mol. The number of carbonyl (C=O) groups is 1. The Morgan fingerprint density at radius 2 is 2.45 bits per heavy atom. The van der Waals surface area contributed by atoms with Gasteiger partial charge >= 0.3 is 0 Å². The molecule has 2 rings (SSSR count). The van der Waals surface area contributed by atoms with Gasteiger partial charge in [0.2, 0.25) is 0 Å². The summed E-state index contributed by atoms with van der Waals surface area (Å²) in [4.78, 5) is 18.5. The summed E-state index contributed by atoms with van der Waals surface area (Å²) in [7, 11) is 0. The van der Waals surface area contributed by atoms with E-state index in [1.54, 1.807) is 17.0 Å². The second kappa shape index (κ2) is 6.35. The maximum Gasteiger partial charge on any atom is 0.254 e. The third-order valence-corrected chi connectivity index (χ3v) is 3.06. The second-order valence-corrected chi connectivity index (χ2v) is 4.65. The molecule has 1 unspecified atom stereocenters. The molecule has 6 nitrogen and oxygen atoms in total. The van der Waals surface area contributed by atoms with Crippen molar-refractivity contribution in [1.82, 2.24) is 9.88 Å². The zero-order chi connectivity index (χ0) is 14.5. The van der Waals surface area contributed by atoms with Crippen LogP contribution in [0.4, 0.5) is 5.82 Å². The Morgan fingerprint density at radius 1 is 1.65 bits per heavy atom. The van der Waals surface area contributed by atoms with Crippen LogP contribution in [0.5, 0.6) is 0 Å². The SMILES string of the molecule is CCNc1cc(C(=O)N2CCOC(C#N)C2)cc(C)n1. The molecule has 1 saturated heterocycles. The van der Waals surface area contributed by atoms with Crippen LogP contribution in [-0.4, -0.2) is 48.1 Å². The lowest BCUT2D eigenvalue weighted by atomic mass is 10.1. The maximum atomic E-state index is 12.5. The van der Waals surface area contributed by atoms with Crippen LogP contribution in [0, 0.1) is 18.3 Å². The van der Waals surface area contributed by atoms with E-state index in [0.717, 1.165) is 12.2 Å².